The van der Waals surface area contributed by atoms with Gasteiger partial charge in [-0.3, -0.25) is 4.99 Å². The van der Waals surface area contributed by atoms with E-state index in [0.29, 0.717) is 13.1 Å². The molecule has 0 radical (unpaired) electrons. The summed E-state index contributed by atoms with van der Waals surface area (Å²) < 4.78 is 0. The van der Waals surface area contributed by atoms with Gasteiger partial charge in [0.15, 0.2) is 0 Å². The lowest BCUT2D eigenvalue weighted by Gasteiger charge is -2.13. The number of nitrogens with two attached hydrogens (primary N) is 2. The number of benzene rings is 1. The molecule has 0 unspecified atom stereocenters. The number of hydrogen-bond acceptors (Lipinski definition) is 3. The van der Waals surface area contributed by atoms with E-state index in [1.165, 1.54) is 0 Å². The first-order valence-electron chi connectivity index (χ1n) is 5.59. The molecule has 0 atom stereocenters. The molecule has 17 heavy (non-hydrogen) atoms. The molecule has 0 saturated carbocycles. The van der Waals surface area contributed by atoms with Crippen LogP contribution in [0.3, 0.4) is 0 Å². The van der Waals surface area contributed by atoms with Gasteiger partial charge < -0.3 is 16.8 Å². The molecule has 0 fully saturated rings. The summed E-state index contributed by atoms with van der Waals surface area (Å²) in [5, 5.41) is 3.24. The summed E-state index contributed by atoms with van der Waals surface area (Å²) in [6.45, 7) is 8.87. The van der Waals surface area contributed by atoms with Gasteiger partial charge in [0.25, 0.3) is 0 Å². The molecule has 4 heteroatoms. The molecule has 0 spiro atoms. The standard InChI is InChI=1S/C13H20N4/c1-4-11-9(2)13(6-5-12(11)15)17-10(3)16-8-7-14/h4-6H,1,7-8,14-15H2,2-3H3,(H,16,17). The first-order chi connectivity index (χ1) is 8.10. The number of rotatable bonds is 4. The molecule has 5 N–H and O–H groups in total. The highest BCUT2D eigenvalue weighted by Crippen LogP contribution is 2.25. The number of nitrogen functional groups attached to an aromatic ring is 1. The van der Waals surface area contributed by atoms with Gasteiger partial charge in [-0.05, 0) is 31.5 Å². The second kappa shape index (κ2) is 6.06. The van der Waals surface area contributed by atoms with Crippen LogP contribution < -0.4 is 16.8 Å². The van der Waals surface area contributed by atoms with Gasteiger partial charge in [0.1, 0.15) is 0 Å². The van der Waals surface area contributed by atoms with E-state index in [1.807, 2.05) is 26.0 Å². The van der Waals surface area contributed by atoms with E-state index in [2.05, 4.69) is 16.9 Å². The largest absolute Gasteiger partial charge is 0.398 e. The summed E-state index contributed by atoms with van der Waals surface area (Å²) in [7, 11) is 0. The molecule has 1 aromatic carbocycles. The van der Waals surface area contributed by atoms with Crippen LogP contribution >= 0.6 is 0 Å². The average molecular weight is 232 g/mol. The van der Waals surface area contributed by atoms with Gasteiger partial charge in [0, 0.05) is 23.5 Å². The second-order valence-corrected chi connectivity index (χ2v) is 3.83. The zero-order valence-corrected chi connectivity index (χ0v) is 10.5. The third kappa shape index (κ3) is 3.32. The van der Waals surface area contributed by atoms with Crippen molar-refractivity contribution in [1.29, 1.82) is 0 Å². The van der Waals surface area contributed by atoms with Crippen molar-refractivity contribution in [2.24, 2.45) is 10.7 Å². The third-order valence-corrected chi connectivity index (χ3v) is 2.55. The SMILES string of the molecule is C=Cc1c(N)ccc(NC(C)=NCCN)c1C. The molecule has 0 aromatic heterocycles. The molecule has 92 valence electrons. The second-order valence-electron chi connectivity index (χ2n) is 3.83. The zero-order valence-electron chi connectivity index (χ0n) is 10.5. The molecule has 0 aliphatic heterocycles. The van der Waals surface area contributed by atoms with Crippen LogP contribution in [0.5, 0.6) is 0 Å². The van der Waals surface area contributed by atoms with Crippen molar-refractivity contribution in [3.8, 4) is 0 Å². The molecule has 0 amide bonds. The van der Waals surface area contributed by atoms with Gasteiger partial charge in [-0.2, -0.15) is 0 Å². The Bertz CT molecular complexity index is 435. The van der Waals surface area contributed by atoms with Crippen LogP contribution in [0.25, 0.3) is 6.08 Å². The molecule has 0 saturated heterocycles. The molecular weight excluding hydrogens is 212 g/mol. The number of hydrogen-bond donors (Lipinski definition) is 3. The Morgan fingerprint density at radius 1 is 1.53 bits per heavy atom. The molecule has 0 aliphatic carbocycles. The van der Waals surface area contributed by atoms with Gasteiger partial charge in [0.05, 0.1) is 12.4 Å². The van der Waals surface area contributed by atoms with Gasteiger partial charge in [-0.1, -0.05) is 12.7 Å². The molecule has 4 nitrogen and oxygen atoms in total. The van der Waals surface area contributed by atoms with E-state index in [4.69, 9.17) is 11.5 Å². The van der Waals surface area contributed by atoms with Crippen molar-refractivity contribution in [1.82, 2.24) is 0 Å². The van der Waals surface area contributed by atoms with Crippen molar-refractivity contribution < 1.29 is 0 Å². The Hall–Kier alpha value is -1.81. The Morgan fingerprint density at radius 2 is 2.24 bits per heavy atom. The van der Waals surface area contributed by atoms with E-state index in [0.717, 1.165) is 28.3 Å². The predicted molar refractivity (Wildman–Crippen MR) is 76.3 cm³/mol. The molecule has 1 rings (SSSR count). The van der Waals surface area contributed by atoms with E-state index < -0.39 is 0 Å². The van der Waals surface area contributed by atoms with Crippen LogP contribution in [-0.4, -0.2) is 18.9 Å². The fourth-order valence-electron chi connectivity index (χ4n) is 1.62. The maximum Gasteiger partial charge on any atom is 0.0976 e. The van der Waals surface area contributed by atoms with Gasteiger partial charge >= 0.3 is 0 Å². The number of nitrogens with zero attached hydrogens (tertiary/aromatic N) is 1. The van der Waals surface area contributed by atoms with Crippen LogP contribution in [-0.2, 0) is 0 Å². The van der Waals surface area contributed by atoms with Crippen LogP contribution in [0.4, 0.5) is 11.4 Å². The lowest BCUT2D eigenvalue weighted by atomic mass is 10.0. The topological polar surface area (TPSA) is 76.4 Å². The summed E-state index contributed by atoms with van der Waals surface area (Å²) >= 11 is 0. The van der Waals surface area contributed by atoms with E-state index in [-0.39, 0.29) is 0 Å². The first-order valence-corrected chi connectivity index (χ1v) is 5.59. The van der Waals surface area contributed by atoms with Crippen molar-refractivity contribution in [2.45, 2.75) is 13.8 Å². The maximum absolute atomic E-state index is 5.87. The summed E-state index contributed by atoms with van der Waals surface area (Å²) in [6.07, 6.45) is 1.77. The minimum atomic E-state index is 0.553. The van der Waals surface area contributed by atoms with Crippen molar-refractivity contribution in [2.75, 3.05) is 24.1 Å². The van der Waals surface area contributed by atoms with Crippen LogP contribution in [0, 0.1) is 6.92 Å². The predicted octanol–water partition coefficient (Wildman–Crippen LogP) is 2.01. The van der Waals surface area contributed by atoms with E-state index >= 15 is 0 Å². The molecular formula is C13H20N4. The Kier molecular flexibility index (Phi) is 4.72. The quantitative estimate of drug-likeness (QED) is 0.422. The minimum Gasteiger partial charge on any atom is -0.398 e. The number of amidine groups is 1. The zero-order chi connectivity index (χ0) is 12.8. The van der Waals surface area contributed by atoms with E-state index in [9.17, 15) is 0 Å². The highest BCUT2D eigenvalue weighted by Gasteiger charge is 2.05. The fraction of sp³-hybridized carbons (Fsp3) is 0.308. The average Bonchev–Trinajstić information content (AvgIpc) is 2.31. The van der Waals surface area contributed by atoms with Crippen molar-refractivity contribution in [3.05, 3.63) is 29.8 Å². The number of anilines is 2. The number of nitrogens with one attached hydrogen (secondary N) is 1. The summed E-state index contributed by atoms with van der Waals surface area (Å²) in [5.74, 6) is 0.846. The monoisotopic (exact) mass is 232 g/mol. The molecule has 0 heterocycles. The Morgan fingerprint density at radius 3 is 2.82 bits per heavy atom. The molecule has 1 aromatic rings. The van der Waals surface area contributed by atoms with Gasteiger partial charge in [0.2, 0.25) is 0 Å². The van der Waals surface area contributed by atoms with Crippen LogP contribution in [0.2, 0.25) is 0 Å². The fourth-order valence-corrected chi connectivity index (χ4v) is 1.62. The Balaban J connectivity index is 2.96. The maximum atomic E-state index is 5.87. The summed E-state index contributed by atoms with van der Waals surface area (Å²) in [6, 6.07) is 3.81. The third-order valence-electron chi connectivity index (χ3n) is 2.55. The van der Waals surface area contributed by atoms with Crippen molar-refractivity contribution >= 4 is 23.3 Å². The van der Waals surface area contributed by atoms with Gasteiger partial charge in [-0.25, -0.2) is 0 Å². The van der Waals surface area contributed by atoms with Crippen molar-refractivity contribution in [3.63, 3.8) is 0 Å². The molecule has 0 bridgehead atoms. The lowest BCUT2D eigenvalue weighted by Crippen LogP contribution is -2.12. The molecule has 0 aliphatic rings. The van der Waals surface area contributed by atoms with Crippen LogP contribution in [0.1, 0.15) is 18.1 Å². The lowest BCUT2D eigenvalue weighted by molar-refractivity contribution is 0.973. The summed E-state index contributed by atoms with van der Waals surface area (Å²) in [5.41, 5.74) is 15.0. The Labute approximate surface area is 102 Å². The smallest absolute Gasteiger partial charge is 0.0976 e. The highest BCUT2D eigenvalue weighted by molar-refractivity contribution is 5.95. The summed E-state index contributed by atoms with van der Waals surface area (Å²) in [4.78, 5) is 4.28. The van der Waals surface area contributed by atoms with E-state index in [1.54, 1.807) is 6.08 Å². The van der Waals surface area contributed by atoms with Gasteiger partial charge in [-0.15, -0.1) is 0 Å². The number of aliphatic imine (C=N–C) groups is 1. The first kappa shape index (κ1) is 13.3. The normalized spacial score (nSPS) is 11.4. The highest BCUT2D eigenvalue weighted by atomic mass is 15.0. The van der Waals surface area contributed by atoms with Crippen LogP contribution in [0.15, 0.2) is 23.7 Å². The minimum absolute atomic E-state index is 0.553.